The van der Waals surface area contributed by atoms with Crippen molar-refractivity contribution in [1.82, 2.24) is 15.1 Å². The monoisotopic (exact) mass is 269 g/mol. The van der Waals surface area contributed by atoms with E-state index in [9.17, 15) is 9.59 Å². The Bertz CT molecular complexity index is 348. The van der Waals surface area contributed by atoms with Crippen LogP contribution >= 0.6 is 0 Å². The smallest absolute Gasteiger partial charge is 0.330 e. The fourth-order valence-corrected chi connectivity index (χ4v) is 2.79. The third kappa shape index (κ3) is 3.25. The molecule has 0 aromatic carbocycles. The predicted octanol–water partition coefficient (Wildman–Crippen LogP) is -0.698. The Balaban J connectivity index is 2.02. The number of hydrogen-bond acceptors (Lipinski definition) is 5. The van der Waals surface area contributed by atoms with Crippen LogP contribution in [0.5, 0.6) is 0 Å². The largest absolute Gasteiger partial charge is 0.464 e. The van der Waals surface area contributed by atoms with Crippen molar-refractivity contribution in [3.63, 3.8) is 0 Å². The molecule has 6 nitrogen and oxygen atoms in total. The summed E-state index contributed by atoms with van der Waals surface area (Å²) in [6.07, 6.45) is 0.884. The van der Waals surface area contributed by atoms with Crippen molar-refractivity contribution in [3.8, 4) is 0 Å². The van der Waals surface area contributed by atoms with Crippen molar-refractivity contribution in [2.24, 2.45) is 5.92 Å². The van der Waals surface area contributed by atoms with Gasteiger partial charge in [0.15, 0.2) is 0 Å². The second kappa shape index (κ2) is 6.34. The van der Waals surface area contributed by atoms with Gasteiger partial charge in [0.25, 0.3) is 0 Å². The highest BCUT2D eigenvalue weighted by atomic mass is 16.5. The van der Waals surface area contributed by atoms with E-state index in [1.165, 1.54) is 0 Å². The summed E-state index contributed by atoms with van der Waals surface area (Å²) in [5.41, 5.74) is 0. The first-order valence-corrected chi connectivity index (χ1v) is 7.00. The maximum Gasteiger partial charge on any atom is 0.330 e. The van der Waals surface area contributed by atoms with E-state index in [0.29, 0.717) is 19.7 Å². The van der Waals surface area contributed by atoms with Gasteiger partial charge in [0.1, 0.15) is 6.04 Å². The van der Waals surface area contributed by atoms with E-state index in [-0.39, 0.29) is 17.8 Å². The molecule has 0 aliphatic carbocycles. The maximum atomic E-state index is 12.5. The van der Waals surface area contributed by atoms with Gasteiger partial charge in [0.05, 0.1) is 12.5 Å². The molecule has 0 spiro atoms. The summed E-state index contributed by atoms with van der Waals surface area (Å²) in [7, 11) is 2.02. The molecule has 2 aliphatic rings. The quantitative estimate of drug-likeness (QED) is 0.687. The number of esters is 1. The lowest BCUT2D eigenvalue weighted by Crippen LogP contribution is -2.58. The van der Waals surface area contributed by atoms with Crippen LogP contribution in [0.25, 0.3) is 0 Å². The number of amides is 1. The van der Waals surface area contributed by atoms with Crippen LogP contribution in [0.1, 0.15) is 13.3 Å². The van der Waals surface area contributed by atoms with Gasteiger partial charge in [-0.2, -0.15) is 0 Å². The molecule has 0 saturated carbocycles. The van der Waals surface area contributed by atoms with Crippen molar-refractivity contribution in [2.75, 3.05) is 46.4 Å². The zero-order valence-corrected chi connectivity index (χ0v) is 11.7. The molecular formula is C13H23N3O3. The van der Waals surface area contributed by atoms with E-state index in [2.05, 4.69) is 10.2 Å². The topological polar surface area (TPSA) is 61.9 Å². The number of rotatable bonds is 3. The van der Waals surface area contributed by atoms with E-state index < -0.39 is 6.04 Å². The molecule has 0 radical (unpaired) electrons. The molecule has 1 N–H and O–H groups in total. The lowest BCUT2D eigenvalue weighted by molar-refractivity contribution is -0.157. The molecule has 19 heavy (non-hydrogen) atoms. The number of carbonyl (C=O) groups is 2. The predicted molar refractivity (Wildman–Crippen MR) is 70.6 cm³/mol. The van der Waals surface area contributed by atoms with Gasteiger partial charge in [-0.25, -0.2) is 4.79 Å². The minimum absolute atomic E-state index is 0.0278. The first kappa shape index (κ1) is 14.3. The number of nitrogens with one attached hydrogen (secondary N) is 1. The van der Waals surface area contributed by atoms with Gasteiger partial charge in [-0.1, -0.05) is 0 Å². The van der Waals surface area contributed by atoms with Crippen LogP contribution in [0.15, 0.2) is 0 Å². The Morgan fingerprint density at radius 2 is 2.16 bits per heavy atom. The van der Waals surface area contributed by atoms with Crippen molar-refractivity contribution in [3.05, 3.63) is 0 Å². The van der Waals surface area contributed by atoms with Crippen molar-refractivity contribution in [1.29, 1.82) is 0 Å². The summed E-state index contributed by atoms with van der Waals surface area (Å²) in [6, 6.07) is -0.466. The second-order valence-electron chi connectivity index (χ2n) is 5.25. The zero-order valence-electron chi connectivity index (χ0n) is 11.7. The maximum absolute atomic E-state index is 12.5. The molecule has 0 bridgehead atoms. The standard InChI is InChI=1S/C13H23N3O3/c1-3-19-13(18)11-8-14-5-7-16(11)12(17)10-4-6-15(2)9-10/h10-11,14H,3-9H2,1-2H3. The van der Waals surface area contributed by atoms with E-state index in [1.54, 1.807) is 11.8 Å². The molecule has 2 aliphatic heterocycles. The molecule has 0 aromatic rings. The van der Waals surface area contributed by atoms with Crippen LogP contribution in [-0.2, 0) is 14.3 Å². The second-order valence-corrected chi connectivity index (χ2v) is 5.25. The lowest BCUT2D eigenvalue weighted by Gasteiger charge is -2.36. The summed E-state index contributed by atoms with van der Waals surface area (Å²) in [5.74, 6) is -0.168. The summed E-state index contributed by atoms with van der Waals surface area (Å²) < 4.78 is 5.06. The molecule has 2 atom stereocenters. The molecule has 2 unspecified atom stereocenters. The Labute approximate surface area is 114 Å². The molecule has 2 saturated heterocycles. The van der Waals surface area contributed by atoms with Crippen LogP contribution in [0.2, 0.25) is 0 Å². The third-order valence-corrected chi connectivity index (χ3v) is 3.83. The van der Waals surface area contributed by atoms with Gasteiger partial charge >= 0.3 is 5.97 Å². The highest BCUT2D eigenvalue weighted by Crippen LogP contribution is 2.19. The summed E-state index contributed by atoms with van der Waals surface area (Å²) in [4.78, 5) is 28.3. The lowest BCUT2D eigenvalue weighted by atomic mass is 10.0. The van der Waals surface area contributed by atoms with Crippen LogP contribution in [0.3, 0.4) is 0 Å². The number of carbonyl (C=O) groups excluding carboxylic acids is 2. The average molecular weight is 269 g/mol. The highest BCUT2D eigenvalue weighted by Gasteiger charge is 2.37. The van der Waals surface area contributed by atoms with Gasteiger partial charge in [-0.15, -0.1) is 0 Å². The Kier molecular flexibility index (Phi) is 4.76. The first-order valence-electron chi connectivity index (χ1n) is 7.00. The zero-order chi connectivity index (χ0) is 13.8. The number of ether oxygens (including phenoxy) is 1. The molecule has 0 aromatic heterocycles. The minimum atomic E-state index is -0.466. The molecule has 108 valence electrons. The van der Waals surface area contributed by atoms with Crippen molar-refractivity contribution >= 4 is 11.9 Å². The Hall–Kier alpha value is -1.14. The molecular weight excluding hydrogens is 246 g/mol. The average Bonchev–Trinajstić information content (AvgIpc) is 2.85. The Morgan fingerprint density at radius 1 is 1.37 bits per heavy atom. The van der Waals surface area contributed by atoms with Crippen LogP contribution < -0.4 is 5.32 Å². The molecule has 2 rings (SSSR count). The van der Waals surface area contributed by atoms with E-state index >= 15 is 0 Å². The summed E-state index contributed by atoms with van der Waals surface area (Å²) in [6.45, 7) is 5.69. The summed E-state index contributed by atoms with van der Waals surface area (Å²) in [5, 5.41) is 3.15. The highest BCUT2D eigenvalue weighted by molar-refractivity contribution is 5.86. The van der Waals surface area contributed by atoms with Crippen LogP contribution in [-0.4, -0.2) is 74.1 Å². The van der Waals surface area contributed by atoms with E-state index in [4.69, 9.17) is 4.74 Å². The van der Waals surface area contributed by atoms with Gasteiger partial charge in [-0.3, -0.25) is 4.79 Å². The number of hydrogen-bond donors (Lipinski definition) is 1. The van der Waals surface area contributed by atoms with E-state index in [1.807, 2.05) is 7.05 Å². The van der Waals surface area contributed by atoms with Crippen LogP contribution in [0, 0.1) is 5.92 Å². The van der Waals surface area contributed by atoms with Gasteiger partial charge in [0, 0.05) is 26.2 Å². The molecule has 2 fully saturated rings. The number of nitrogens with zero attached hydrogens (tertiary/aromatic N) is 2. The summed E-state index contributed by atoms with van der Waals surface area (Å²) >= 11 is 0. The third-order valence-electron chi connectivity index (χ3n) is 3.83. The normalized spacial score (nSPS) is 28.4. The molecule has 1 amide bonds. The van der Waals surface area contributed by atoms with Gasteiger partial charge in [-0.05, 0) is 26.9 Å². The van der Waals surface area contributed by atoms with Crippen molar-refractivity contribution < 1.29 is 14.3 Å². The van der Waals surface area contributed by atoms with Gasteiger partial charge in [0.2, 0.25) is 5.91 Å². The molecule has 6 heteroatoms. The first-order chi connectivity index (χ1) is 9.13. The van der Waals surface area contributed by atoms with Crippen molar-refractivity contribution in [2.45, 2.75) is 19.4 Å². The number of piperazine rings is 1. The van der Waals surface area contributed by atoms with Gasteiger partial charge < -0.3 is 19.9 Å². The molecule has 2 heterocycles. The fourth-order valence-electron chi connectivity index (χ4n) is 2.79. The Morgan fingerprint density at radius 3 is 2.79 bits per heavy atom. The number of likely N-dealkylation sites (tertiary alicyclic amines) is 1. The minimum Gasteiger partial charge on any atom is -0.464 e. The SMILES string of the molecule is CCOC(=O)C1CNCCN1C(=O)C1CCN(C)C1. The fraction of sp³-hybridized carbons (Fsp3) is 0.846. The van der Waals surface area contributed by atoms with Crippen LogP contribution in [0.4, 0.5) is 0 Å². The van der Waals surface area contributed by atoms with E-state index in [0.717, 1.165) is 26.1 Å².